The fourth-order valence-corrected chi connectivity index (χ4v) is 6.24. The third-order valence-electron chi connectivity index (χ3n) is 8.70. The second-order valence-electron chi connectivity index (χ2n) is 11.5. The molecule has 2 aliphatic heterocycles. The Balaban J connectivity index is 1.25. The number of amides is 2. The number of fused-ring (bicyclic) bond motifs is 1. The lowest BCUT2D eigenvalue weighted by Gasteiger charge is -2.31. The molecule has 2 N–H and O–H groups in total. The van der Waals surface area contributed by atoms with E-state index in [0.29, 0.717) is 24.6 Å². The monoisotopic (exact) mass is 540 g/mol. The topological polar surface area (TPSA) is 64.7 Å². The lowest BCUT2D eigenvalue weighted by molar-refractivity contribution is -0.133. The van der Waals surface area contributed by atoms with Gasteiger partial charge in [0, 0.05) is 43.7 Å². The molecule has 40 heavy (non-hydrogen) atoms. The molecular formula is C34H44N4O2. The van der Waals surface area contributed by atoms with E-state index in [0.717, 1.165) is 56.2 Å². The maximum Gasteiger partial charge on any atom is 0.251 e. The molecule has 0 bridgehead atoms. The highest BCUT2D eigenvalue weighted by molar-refractivity contribution is 5.98. The van der Waals surface area contributed by atoms with Gasteiger partial charge < -0.3 is 20.4 Å². The van der Waals surface area contributed by atoms with Crippen LogP contribution in [0.5, 0.6) is 0 Å². The standard InChI is InChI=1S/C34H44N4O2/c1-2-26(27-11-5-3-6-12-27)25-38-22-17-31(36-32(34(38)40)18-21-37-19-9-4-10-20-37)24-35-33(39)30-16-15-28-13-7-8-14-29(28)23-30/h3,5-8,11-16,23,26,31-32,36H,2,4,9-10,17-22,24-25H2,1H3,(H,35,39)/t26-,31-,32-/m0/s1. The molecule has 2 heterocycles. The molecule has 0 unspecified atom stereocenters. The van der Waals surface area contributed by atoms with Crippen LogP contribution in [0.15, 0.2) is 72.8 Å². The summed E-state index contributed by atoms with van der Waals surface area (Å²) >= 11 is 0. The zero-order valence-corrected chi connectivity index (χ0v) is 23.9. The van der Waals surface area contributed by atoms with Crippen molar-refractivity contribution in [3.8, 4) is 0 Å². The number of nitrogens with zero attached hydrogens (tertiary/aromatic N) is 2. The number of nitrogens with one attached hydrogen (secondary N) is 2. The normalized spacial score (nSPS) is 21.2. The van der Waals surface area contributed by atoms with Crippen molar-refractivity contribution in [3.05, 3.63) is 83.9 Å². The van der Waals surface area contributed by atoms with E-state index in [4.69, 9.17) is 0 Å². The van der Waals surface area contributed by atoms with Crippen LogP contribution < -0.4 is 10.6 Å². The van der Waals surface area contributed by atoms with Crippen molar-refractivity contribution in [2.75, 3.05) is 39.3 Å². The first-order valence-electron chi connectivity index (χ1n) is 15.2. The summed E-state index contributed by atoms with van der Waals surface area (Å²) in [7, 11) is 0. The van der Waals surface area contributed by atoms with Crippen LogP contribution in [0.2, 0.25) is 0 Å². The molecular weight excluding hydrogens is 496 g/mol. The predicted molar refractivity (Wildman–Crippen MR) is 163 cm³/mol. The number of piperidine rings is 1. The molecule has 212 valence electrons. The van der Waals surface area contributed by atoms with Crippen molar-refractivity contribution in [2.45, 2.75) is 63.5 Å². The molecule has 0 aromatic heterocycles. The molecule has 2 amide bonds. The minimum Gasteiger partial charge on any atom is -0.350 e. The zero-order chi connectivity index (χ0) is 27.7. The van der Waals surface area contributed by atoms with E-state index >= 15 is 0 Å². The Labute approximate surface area is 239 Å². The minimum absolute atomic E-state index is 0.0431. The fraction of sp³-hybridized carbons (Fsp3) is 0.471. The van der Waals surface area contributed by atoms with E-state index in [1.165, 1.54) is 24.8 Å². The van der Waals surface area contributed by atoms with Crippen LogP contribution in [-0.4, -0.2) is 73.0 Å². The average Bonchev–Trinajstić information content (AvgIpc) is 3.16. The van der Waals surface area contributed by atoms with E-state index in [2.05, 4.69) is 57.7 Å². The third-order valence-corrected chi connectivity index (χ3v) is 8.70. The van der Waals surface area contributed by atoms with Gasteiger partial charge in [-0.05, 0) is 73.7 Å². The van der Waals surface area contributed by atoms with Crippen molar-refractivity contribution in [1.82, 2.24) is 20.4 Å². The summed E-state index contributed by atoms with van der Waals surface area (Å²) < 4.78 is 0. The first-order valence-corrected chi connectivity index (χ1v) is 15.2. The number of hydrogen-bond donors (Lipinski definition) is 2. The van der Waals surface area contributed by atoms with Crippen LogP contribution >= 0.6 is 0 Å². The first kappa shape index (κ1) is 28.3. The van der Waals surface area contributed by atoms with Gasteiger partial charge >= 0.3 is 0 Å². The molecule has 2 fully saturated rings. The van der Waals surface area contributed by atoms with Crippen LogP contribution in [0.25, 0.3) is 10.8 Å². The quantitative estimate of drug-likeness (QED) is 0.371. The van der Waals surface area contributed by atoms with Crippen molar-refractivity contribution in [1.29, 1.82) is 0 Å². The zero-order valence-electron chi connectivity index (χ0n) is 23.9. The van der Waals surface area contributed by atoms with Gasteiger partial charge in [-0.1, -0.05) is 74.0 Å². The maximum atomic E-state index is 13.9. The van der Waals surface area contributed by atoms with Gasteiger partial charge in [-0.15, -0.1) is 0 Å². The van der Waals surface area contributed by atoms with Crippen molar-refractivity contribution < 1.29 is 9.59 Å². The van der Waals surface area contributed by atoms with E-state index < -0.39 is 0 Å². The van der Waals surface area contributed by atoms with Gasteiger partial charge in [0.2, 0.25) is 5.91 Å². The summed E-state index contributed by atoms with van der Waals surface area (Å²) in [6, 6.07) is 24.3. The van der Waals surface area contributed by atoms with E-state index in [1.54, 1.807) is 0 Å². The van der Waals surface area contributed by atoms with E-state index in [1.807, 2.05) is 42.5 Å². The molecule has 6 heteroatoms. The summed E-state index contributed by atoms with van der Waals surface area (Å²) in [5.74, 6) is 0.451. The maximum absolute atomic E-state index is 13.9. The third kappa shape index (κ3) is 7.29. The molecule has 6 nitrogen and oxygen atoms in total. The molecule has 3 aromatic carbocycles. The van der Waals surface area contributed by atoms with Gasteiger partial charge in [-0.3, -0.25) is 9.59 Å². The summed E-state index contributed by atoms with van der Waals surface area (Å²) in [5.41, 5.74) is 1.96. The van der Waals surface area contributed by atoms with Crippen molar-refractivity contribution >= 4 is 22.6 Å². The molecule has 3 atom stereocenters. The van der Waals surface area contributed by atoms with Gasteiger partial charge in [0.25, 0.3) is 5.91 Å². The van der Waals surface area contributed by atoms with E-state index in [9.17, 15) is 9.59 Å². The highest BCUT2D eigenvalue weighted by Gasteiger charge is 2.32. The van der Waals surface area contributed by atoms with E-state index in [-0.39, 0.29) is 23.9 Å². The molecule has 0 saturated carbocycles. The number of carbonyl (C=O) groups excluding carboxylic acids is 2. The van der Waals surface area contributed by atoms with Gasteiger partial charge in [0.1, 0.15) is 0 Å². The fourth-order valence-electron chi connectivity index (χ4n) is 6.24. The Morgan fingerprint density at radius 1 is 0.950 bits per heavy atom. The average molecular weight is 541 g/mol. The van der Waals surface area contributed by atoms with Gasteiger partial charge in [-0.2, -0.15) is 0 Å². The largest absolute Gasteiger partial charge is 0.350 e. The number of likely N-dealkylation sites (tertiary alicyclic amines) is 1. The summed E-state index contributed by atoms with van der Waals surface area (Å²) in [6.07, 6.45) is 6.40. The van der Waals surface area contributed by atoms with Gasteiger partial charge in [-0.25, -0.2) is 0 Å². The molecule has 2 aliphatic rings. The Bertz CT molecular complexity index is 1260. The molecule has 5 rings (SSSR count). The second kappa shape index (κ2) is 13.9. The molecule has 0 aliphatic carbocycles. The van der Waals surface area contributed by atoms with Crippen LogP contribution in [0.4, 0.5) is 0 Å². The number of hydrogen-bond acceptors (Lipinski definition) is 4. The Kier molecular flexibility index (Phi) is 9.85. The Hall–Kier alpha value is -3.22. The van der Waals surface area contributed by atoms with Crippen molar-refractivity contribution in [2.24, 2.45) is 0 Å². The number of carbonyl (C=O) groups is 2. The summed E-state index contributed by atoms with van der Waals surface area (Å²) in [6.45, 7) is 7.33. The predicted octanol–water partition coefficient (Wildman–Crippen LogP) is 5.20. The Morgan fingerprint density at radius 2 is 1.70 bits per heavy atom. The highest BCUT2D eigenvalue weighted by atomic mass is 16.2. The van der Waals surface area contributed by atoms with Crippen LogP contribution in [-0.2, 0) is 4.79 Å². The van der Waals surface area contributed by atoms with Crippen LogP contribution in [0, 0.1) is 0 Å². The lowest BCUT2D eigenvalue weighted by Crippen LogP contribution is -2.50. The smallest absolute Gasteiger partial charge is 0.251 e. The highest BCUT2D eigenvalue weighted by Crippen LogP contribution is 2.23. The van der Waals surface area contributed by atoms with Gasteiger partial charge in [0.05, 0.1) is 6.04 Å². The SMILES string of the molecule is CC[C@@H](CN1CC[C@@H](CNC(=O)c2ccc3ccccc3c2)N[C@@H](CCN2CCCCC2)C1=O)c1ccccc1. The minimum atomic E-state index is -0.236. The first-order chi connectivity index (χ1) is 19.6. The summed E-state index contributed by atoms with van der Waals surface area (Å²) in [5, 5.41) is 9.01. The Morgan fingerprint density at radius 3 is 2.48 bits per heavy atom. The van der Waals surface area contributed by atoms with Crippen molar-refractivity contribution in [3.63, 3.8) is 0 Å². The number of benzene rings is 3. The molecule has 0 spiro atoms. The summed E-state index contributed by atoms with van der Waals surface area (Å²) in [4.78, 5) is 31.6. The molecule has 2 saturated heterocycles. The van der Waals surface area contributed by atoms with Crippen LogP contribution in [0.3, 0.4) is 0 Å². The molecule has 3 aromatic rings. The molecule has 0 radical (unpaired) electrons. The van der Waals surface area contributed by atoms with Gasteiger partial charge in [0.15, 0.2) is 0 Å². The second-order valence-corrected chi connectivity index (χ2v) is 11.5. The lowest BCUT2D eigenvalue weighted by atomic mass is 9.95. The number of rotatable bonds is 10. The van der Waals surface area contributed by atoms with Crippen LogP contribution in [0.1, 0.15) is 67.3 Å².